The molecule has 0 fully saturated rings. The van der Waals surface area contributed by atoms with Gasteiger partial charge in [-0.25, -0.2) is 4.79 Å². The summed E-state index contributed by atoms with van der Waals surface area (Å²) in [4.78, 5) is 14.7. The van der Waals surface area contributed by atoms with Crippen LogP contribution in [0.2, 0.25) is 5.02 Å². The molecule has 0 aliphatic carbocycles. The number of hydrogen-bond donors (Lipinski definition) is 0. The maximum Gasteiger partial charge on any atom is 0.422 e. The lowest BCUT2D eigenvalue weighted by Gasteiger charge is -1.99. The molecule has 5 heteroatoms. The number of benzene rings is 2. The molecule has 0 heterocycles. The molecule has 2 aromatic rings. The normalized spacial score (nSPS) is 9.18. The van der Waals surface area contributed by atoms with E-state index in [0.29, 0.717) is 21.7 Å². The van der Waals surface area contributed by atoms with Crippen LogP contribution in [0.15, 0.2) is 48.5 Å². The van der Waals surface area contributed by atoms with E-state index in [1.807, 2.05) is 12.1 Å². The van der Waals surface area contributed by atoms with Crippen LogP contribution in [-0.4, -0.2) is 23.6 Å². The Labute approximate surface area is 132 Å². The molecule has 4 nitrogen and oxygen atoms in total. The van der Waals surface area contributed by atoms with Gasteiger partial charge in [-0.15, -0.1) is 0 Å². The van der Waals surface area contributed by atoms with E-state index in [9.17, 15) is 4.79 Å². The van der Waals surface area contributed by atoms with Crippen LogP contribution in [0.4, 0.5) is 0 Å². The summed E-state index contributed by atoms with van der Waals surface area (Å²) < 4.78 is 4.60. The van der Waals surface area contributed by atoms with Gasteiger partial charge >= 0.3 is 11.7 Å². The van der Waals surface area contributed by atoms with Gasteiger partial charge in [-0.3, -0.25) is 0 Å². The SMILES string of the molecule is COC(=O)C(=[N+]=[N-])c1ccccc1C#Cc1ccccc1Cl. The fourth-order valence-corrected chi connectivity index (χ4v) is 1.98. The summed E-state index contributed by atoms with van der Waals surface area (Å²) in [5, 5.41) is 0.538. The van der Waals surface area contributed by atoms with Crippen LogP contribution in [0, 0.1) is 11.8 Å². The highest BCUT2D eigenvalue weighted by Gasteiger charge is 2.25. The van der Waals surface area contributed by atoms with Crippen molar-refractivity contribution in [3.05, 3.63) is 75.8 Å². The van der Waals surface area contributed by atoms with E-state index < -0.39 is 5.97 Å². The highest BCUT2D eigenvalue weighted by molar-refractivity contribution is 6.41. The van der Waals surface area contributed by atoms with Gasteiger partial charge in [0.1, 0.15) is 0 Å². The van der Waals surface area contributed by atoms with Crippen molar-refractivity contribution in [1.82, 2.24) is 0 Å². The molecular formula is C17H11ClN2O2. The van der Waals surface area contributed by atoms with Crippen LogP contribution in [0.1, 0.15) is 16.7 Å². The largest absolute Gasteiger partial charge is 0.460 e. The van der Waals surface area contributed by atoms with E-state index in [1.54, 1.807) is 36.4 Å². The zero-order valence-corrected chi connectivity index (χ0v) is 12.5. The molecule has 0 saturated carbocycles. The van der Waals surface area contributed by atoms with Crippen molar-refractivity contribution < 1.29 is 14.3 Å². The van der Waals surface area contributed by atoms with Crippen LogP contribution in [0.5, 0.6) is 0 Å². The number of rotatable bonds is 2. The van der Waals surface area contributed by atoms with Crippen molar-refractivity contribution in [1.29, 1.82) is 0 Å². The second-order valence-electron chi connectivity index (χ2n) is 4.22. The van der Waals surface area contributed by atoms with Crippen LogP contribution >= 0.6 is 11.6 Å². The zero-order chi connectivity index (χ0) is 15.9. The third-order valence-corrected chi connectivity index (χ3v) is 3.20. The summed E-state index contributed by atoms with van der Waals surface area (Å²) in [7, 11) is 1.21. The minimum absolute atomic E-state index is 0.202. The summed E-state index contributed by atoms with van der Waals surface area (Å²) in [6.07, 6.45) is 0. The molecule has 0 saturated heterocycles. The number of methoxy groups -OCH3 is 1. The summed E-state index contributed by atoms with van der Waals surface area (Å²) in [6.45, 7) is 0. The van der Waals surface area contributed by atoms with Crippen LogP contribution in [-0.2, 0) is 9.53 Å². The van der Waals surface area contributed by atoms with Gasteiger partial charge in [0, 0.05) is 11.1 Å². The minimum Gasteiger partial charge on any atom is -0.460 e. The van der Waals surface area contributed by atoms with Crippen molar-refractivity contribution in [2.75, 3.05) is 7.11 Å². The topological polar surface area (TPSA) is 62.7 Å². The van der Waals surface area contributed by atoms with E-state index in [4.69, 9.17) is 17.1 Å². The van der Waals surface area contributed by atoms with Gasteiger partial charge in [-0.2, -0.15) is 4.79 Å². The Balaban J connectivity index is 2.49. The van der Waals surface area contributed by atoms with E-state index in [-0.39, 0.29) is 5.71 Å². The molecule has 0 amide bonds. The van der Waals surface area contributed by atoms with Crippen LogP contribution < -0.4 is 0 Å². The molecule has 2 aromatic carbocycles. The van der Waals surface area contributed by atoms with Gasteiger partial charge in [-0.05, 0) is 24.3 Å². The number of nitrogens with zero attached hydrogens (tertiary/aromatic N) is 2. The van der Waals surface area contributed by atoms with E-state index in [0.717, 1.165) is 0 Å². The molecule has 0 N–H and O–H groups in total. The molecule has 108 valence electrons. The van der Waals surface area contributed by atoms with Gasteiger partial charge in [0.25, 0.3) is 0 Å². The molecule has 2 rings (SSSR count). The lowest BCUT2D eigenvalue weighted by molar-refractivity contribution is -0.137. The minimum atomic E-state index is -0.741. The average molecular weight is 311 g/mol. The number of carbonyl (C=O) groups excluding carboxylic acids is 1. The van der Waals surface area contributed by atoms with E-state index >= 15 is 0 Å². The third-order valence-electron chi connectivity index (χ3n) is 2.87. The standard InChI is InChI=1S/C17H11ClN2O2/c1-22-17(21)16(20-19)14-8-4-2-6-12(14)10-11-13-7-3-5-9-15(13)18/h2-9H,1H3. The van der Waals surface area contributed by atoms with Gasteiger partial charge in [-0.1, -0.05) is 47.7 Å². The molecule has 0 spiro atoms. The first-order chi connectivity index (χ1) is 10.7. The Kier molecular flexibility index (Phi) is 5.11. The Morgan fingerprint density at radius 1 is 1.09 bits per heavy atom. The molecule has 0 atom stereocenters. The highest BCUT2D eigenvalue weighted by atomic mass is 35.5. The molecule has 0 radical (unpaired) electrons. The quantitative estimate of drug-likeness (QED) is 0.281. The van der Waals surface area contributed by atoms with Crippen molar-refractivity contribution in [2.45, 2.75) is 0 Å². The summed E-state index contributed by atoms with van der Waals surface area (Å²) in [5.41, 5.74) is 10.4. The smallest absolute Gasteiger partial charge is 0.422 e. The summed E-state index contributed by atoms with van der Waals surface area (Å²) >= 11 is 6.05. The second kappa shape index (κ2) is 7.24. The van der Waals surface area contributed by atoms with E-state index in [2.05, 4.69) is 21.4 Å². The molecule has 0 bridgehead atoms. The number of ether oxygens (including phenoxy) is 1. The molecular weight excluding hydrogens is 300 g/mol. The Morgan fingerprint density at radius 2 is 1.68 bits per heavy atom. The number of carbonyl (C=O) groups is 1. The van der Waals surface area contributed by atoms with Crippen LogP contribution in [0.25, 0.3) is 5.53 Å². The van der Waals surface area contributed by atoms with Gasteiger partial charge in [0.05, 0.1) is 17.7 Å². The zero-order valence-electron chi connectivity index (χ0n) is 11.7. The predicted molar refractivity (Wildman–Crippen MR) is 83.6 cm³/mol. The van der Waals surface area contributed by atoms with Crippen molar-refractivity contribution in [3.8, 4) is 11.8 Å². The number of hydrogen-bond acceptors (Lipinski definition) is 2. The molecule has 22 heavy (non-hydrogen) atoms. The van der Waals surface area contributed by atoms with Crippen molar-refractivity contribution >= 4 is 23.3 Å². The molecule has 0 aromatic heterocycles. The first-order valence-corrected chi connectivity index (χ1v) is 6.71. The Bertz CT molecular complexity index is 828. The second-order valence-corrected chi connectivity index (χ2v) is 4.62. The third kappa shape index (κ3) is 3.42. The Morgan fingerprint density at radius 3 is 2.32 bits per heavy atom. The van der Waals surface area contributed by atoms with Crippen LogP contribution in [0.3, 0.4) is 0 Å². The van der Waals surface area contributed by atoms with E-state index in [1.165, 1.54) is 7.11 Å². The van der Waals surface area contributed by atoms with Crippen molar-refractivity contribution in [2.24, 2.45) is 0 Å². The summed E-state index contributed by atoms with van der Waals surface area (Å²) in [6, 6.07) is 14.0. The lowest BCUT2D eigenvalue weighted by Crippen LogP contribution is -2.19. The number of halogens is 1. The monoisotopic (exact) mass is 310 g/mol. The fourth-order valence-electron chi connectivity index (χ4n) is 1.80. The average Bonchev–Trinajstić information content (AvgIpc) is 2.55. The molecule has 0 unspecified atom stereocenters. The van der Waals surface area contributed by atoms with Crippen molar-refractivity contribution in [3.63, 3.8) is 0 Å². The molecule has 0 aliphatic heterocycles. The Hall–Kier alpha value is -2.86. The fraction of sp³-hybridized carbons (Fsp3) is 0.0588. The number of esters is 1. The van der Waals surface area contributed by atoms with Gasteiger partial charge in [0.15, 0.2) is 0 Å². The summed E-state index contributed by atoms with van der Waals surface area (Å²) in [5.74, 6) is 5.12. The predicted octanol–water partition coefficient (Wildman–Crippen LogP) is 2.93. The first kappa shape index (κ1) is 15.5. The first-order valence-electron chi connectivity index (χ1n) is 6.33. The van der Waals surface area contributed by atoms with Gasteiger partial charge < -0.3 is 10.3 Å². The maximum absolute atomic E-state index is 11.6. The lowest BCUT2D eigenvalue weighted by atomic mass is 10.0. The maximum atomic E-state index is 11.6. The van der Waals surface area contributed by atoms with Gasteiger partial charge in [0.2, 0.25) is 0 Å². The highest BCUT2D eigenvalue weighted by Crippen LogP contribution is 2.14. The molecule has 0 aliphatic rings.